The number of hydrogen-bond donors (Lipinski definition) is 0. The van der Waals surface area contributed by atoms with Crippen molar-refractivity contribution < 1.29 is 0 Å². The number of likely N-dealkylation sites (tertiary alicyclic amines) is 1. The molecule has 0 aromatic carbocycles. The van der Waals surface area contributed by atoms with E-state index in [4.69, 9.17) is 0 Å². The summed E-state index contributed by atoms with van der Waals surface area (Å²) in [5, 5.41) is 0. The quantitative estimate of drug-likeness (QED) is 0.638. The van der Waals surface area contributed by atoms with Crippen LogP contribution in [0.5, 0.6) is 0 Å². The summed E-state index contributed by atoms with van der Waals surface area (Å²) >= 11 is 0. The van der Waals surface area contributed by atoms with Crippen LogP contribution in [0.2, 0.25) is 0 Å². The second-order valence-corrected chi connectivity index (χ2v) is 5.05. The minimum absolute atomic E-state index is 0.755. The molecule has 4 unspecified atom stereocenters. The second-order valence-electron chi connectivity index (χ2n) is 5.05. The van der Waals surface area contributed by atoms with Gasteiger partial charge in [-0.05, 0) is 52.0 Å². The van der Waals surface area contributed by atoms with Crippen LogP contribution in [0.3, 0.4) is 0 Å². The molecule has 0 spiro atoms. The van der Waals surface area contributed by atoms with Crippen LogP contribution >= 0.6 is 0 Å². The molecule has 0 bridgehead atoms. The molecule has 0 amide bonds. The topological polar surface area (TPSA) is 3.24 Å². The molecule has 4 atom stereocenters. The smallest absolute Gasteiger partial charge is 0.0124 e. The predicted octanol–water partition coefficient (Wildman–Crippen LogP) is 3.71. The lowest BCUT2D eigenvalue weighted by atomic mass is 9.84. The number of nitrogens with zero attached hydrogens (tertiary/aromatic N) is 1. The minimum Gasteiger partial charge on any atom is -0.300 e. The van der Waals surface area contributed by atoms with Crippen LogP contribution in [0.4, 0.5) is 0 Å². The summed E-state index contributed by atoms with van der Waals surface area (Å²) in [5.74, 6) is 1.75. The van der Waals surface area contributed by atoms with Crippen molar-refractivity contribution in [3.8, 4) is 0 Å². The second kappa shape index (κ2) is 5.69. The molecule has 0 saturated carbocycles. The highest BCUT2D eigenvalue weighted by molar-refractivity contribution is 4.95. The lowest BCUT2D eigenvalue weighted by Crippen LogP contribution is -2.32. The maximum atomic E-state index is 2.59. The Bertz CT molecular complexity index is 209. The summed E-state index contributed by atoms with van der Waals surface area (Å²) in [7, 11) is 2.30. The van der Waals surface area contributed by atoms with E-state index in [1.807, 2.05) is 0 Å². The van der Waals surface area contributed by atoms with Crippen LogP contribution in [0.1, 0.15) is 47.0 Å². The first kappa shape index (κ1) is 12.8. The van der Waals surface area contributed by atoms with Gasteiger partial charge in [-0.3, -0.25) is 0 Å². The van der Waals surface area contributed by atoms with Crippen molar-refractivity contribution in [1.29, 1.82) is 0 Å². The minimum atomic E-state index is 0.755. The Balaban J connectivity index is 2.59. The lowest BCUT2D eigenvalue weighted by molar-refractivity contribution is 0.223. The van der Waals surface area contributed by atoms with Gasteiger partial charge in [-0.2, -0.15) is 0 Å². The van der Waals surface area contributed by atoms with Crippen molar-refractivity contribution in [2.75, 3.05) is 7.05 Å². The fourth-order valence-electron chi connectivity index (χ4n) is 3.18. The van der Waals surface area contributed by atoms with Gasteiger partial charge in [0.1, 0.15) is 0 Å². The molecular formula is C14H27N. The molecule has 1 heteroatoms. The van der Waals surface area contributed by atoms with Crippen LogP contribution in [0.15, 0.2) is 12.2 Å². The normalized spacial score (nSPS) is 37.9. The average Bonchev–Trinajstić information content (AvgIpc) is 2.44. The molecule has 0 aromatic heterocycles. The van der Waals surface area contributed by atoms with Crippen molar-refractivity contribution in [1.82, 2.24) is 4.90 Å². The number of hydrogen-bond acceptors (Lipinski definition) is 1. The van der Waals surface area contributed by atoms with E-state index in [9.17, 15) is 0 Å². The van der Waals surface area contributed by atoms with Crippen LogP contribution in [-0.4, -0.2) is 24.0 Å². The van der Waals surface area contributed by atoms with Gasteiger partial charge in [0.05, 0.1) is 0 Å². The summed E-state index contributed by atoms with van der Waals surface area (Å²) < 4.78 is 0. The van der Waals surface area contributed by atoms with Crippen LogP contribution < -0.4 is 0 Å². The van der Waals surface area contributed by atoms with Gasteiger partial charge in [-0.1, -0.05) is 26.0 Å². The number of allylic oxidation sites excluding steroid dienone is 2. The Labute approximate surface area is 95.5 Å². The van der Waals surface area contributed by atoms with Gasteiger partial charge >= 0.3 is 0 Å². The van der Waals surface area contributed by atoms with Crippen LogP contribution in [-0.2, 0) is 0 Å². The highest BCUT2D eigenvalue weighted by Crippen LogP contribution is 2.38. The van der Waals surface area contributed by atoms with E-state index >= 15 is 0 Å². The zero-order valence-corrected chi connectivity index (χ0v) is 11.0. The molecule has 1 rings (SSSR count). The molecule has 0 aromatic rings. The molecule has 1 nitrogen and oxygen atoms in total. The summed E-state index contributed by atoms with van der Waals surface area (Å²) in [4.78, 5) is 2.59. The Morgan fingerprint density at radius 1 is 1.27 bits per heavy atom. The summed E-state index contributed by atoms with van der Waals surface area (Å²) in [5.41, 5.74) is 0. The van der Waals surface area contributed by atoms with Gasteiger partial charge in [0.15, 0.2) is 0 Å². The van der Waals surface area contributed by atoms with E-state index in [0.29, 0.717) is 0 Å². The third-order valence-electron chi connectivity index (χ3n) is 4.42. The van der Waals surface area contributed by atoms with Crippen molar-refractivity contribution >= 4 is 0 Å². The largest absolute Gasteiger partial charge is 0.300 e. The molecule has 0 radical (unpaired) electrons. The molecule has 1 fully saturated rings. The van der Waals surface area contributed by atoms with Gasteiger partial charge in [0.2, 0.25) is 0 Å². The van der Waals surface area contributed by atoms with E-state index in [-0.39, 0.29) is 0 Å². The fraction of sp³-hybridized carbons (Fsp3) is 0.857. The van der Waals surface area contributed by atoms with Crippen molar-refractivity contribution in [3.05, 3.63) is 12.2 Å². The van der Waals surface area contributed by atoms with Crippen molar-refractivity contribution in [2.24, 2.45) is 11.8 Å². The van der Waals surface area contributed by atoms with Gasteiger partial charge < -0.3 is 4.90 Å². The zero-order chi connectivity index (χ0) is 11.4. The summed E-state index contributed by atoms with van der Waals surface area (Å²) in [6.07, 6.45) is 8.39. The van der Waals surface area contributed by atoms with E-state index < -0.39 is 0 Å². The predicted molar refractivity (Wildman–Crippen MR) is 68.0 cm³/mol. The summed E-state index contributed by atoms with van der Waals surface area (Å²) in [6, 6.07) is 1.56. The Kier molecular flexibility index (Phi) is 4.85. The Hall–Kier alpha value is -0.300. The molecule has 1 aliphatic rings. The molecule has 88 valence electrons. The van der Waals surface area contributed by atoms with Crippen molar-refractivity contribution in [2.45, 2.75) is 59.0 Å². The fourth-order valence-corrected chi connectivity index (χ4v) is 3.18. The molecule has 1 heterocycles. The first-order chi connectivity index (χ1) is 7.13. The Morgan fingerprint density at radius 3 is 2.47 bits per heavy atom. The first-order valence-corrected chi connectivity index (χ1v) is 6.46. The molecular weight excluding hydrogens is 182 g/mol. The van der Waals surface area contributed by atoms with E-state index in [1.165, 1.54) is 19.3 Å². The van der Waals surface area contributed by atoms with Gasteiger partial charge in [-0.15, -0.1) is 0 Å². The van der Waals surface area contributed by atoms with E-state index in [0.717, 1.165) is 23.9 Å². The molecule has 15 heavy (non-hydrogen) atoms. The molecule has 1 saturated heterocycles. The Morgan fingerprint density at radius 2 is 1.93 bits per heavy atom. The average molecular weight is 209 g/mol. The molecule has 0 N–H and O–H groups in total. The SMILES string of the molecule is CC=CCCC1C(C)C(C)N(C)C1CC. The lowest BCUT2D eigenvalue weighted by Gasteiger charge is -2.25. The third-order valence-corrected chi connectivity index (χ3v) is 4.42. The molecule has 0 aliphatic carbocycles. The van der Waals surface area contributed by atoms with Crippen molar-refractivity contribution in [3.63, 3.8) is 0 Å². The monoisotopic (exact) mass is 209 g/mol. The van der Waals surface area contributed by atoms with Crippen LogP contribution in [0.25, 0.3) is 0 Å². The van der Waals surface area contributed by atoms with Crippen LogP contribution in [0, 0.1) is 11.8 Å². The van der Waals surface area contributed by atoms with Gasteiger partial charge in [-0.25, -0.2) is 0 Å². The van der Waals surface area contributed by atoms with Gasteiger partial charge in [0.25, 0.3) is 0 Å². The van der Waals surface area contributed by atoms with E-state index in [1.54, 1.807) is 0 Å². The molecule has 1 aliphatic heterocycles. The highest BCUT2D eigenvalue weighted by Gasteiger charge is 2.40. The third kappa shape index (κ3) is 2.63. The first-order valence-electron chi connectivity index (χ1n) is 6.46. The highest BCUT2D eigenvalue weighted by atomic mass is 15.2. The maximum absolute atomic E-state index is 2.59. The summed E-state index contributed by atoms with van der Waals surface area (Å²) in [6.45, 7) is 9.25. The maximum Gasteiger partial charge on any atom is 0.0124 e. The number of rotatable bonds is 4. The standard InChI is InChI=1S/C14H27N/c1-6-8-9-10-13-11(3)12(4)15(5)14(13)7-2/h6,8,11-14H,7,9-10H2,1-5H3. The van der Waals surface area contributed by atoms with Gasteiger partial charge in [0, 0.05) is 12.1 Å². The zero-order valence-electron chi connectivity index (χ0n) is 11.0. The van der Waals surface area contributed by atoms with E-state index in [2.05, 4.69) is 51.8 Å².